The monoisotopic (exact) mass is 305 g/mol. The van der Waals surface area contributed by atoms with E-state index in [9.17, 15) is 12.8 Å². The second-order valence-corrected chi connectivity index (χ2v) is 7.18. The van der Waals surface area contributed by atoms with Crippen LogP contribution in [0.15, 0.2) is 24.3 Å². The molecule has 1 aromatic rings. The Kier molecular flexibility index (Phi) is 4.81. The molecule has 0 radical (unpaired) electrons. The Morgan fingerprint density at radius 1 is 1.37 bits per heavy atom. The molecule has 0 aromatic heterocycles. The highest BCUT2D eigenvalue weighted by Gasteiger charge is 2.36. The van der Waals surface area contributed by atoms with Gasteiger partial charge in [0, 0.05) is 18.5 Å². The fourth-order valence-corrected chi connectivity index (χ4v) is 4.03. The lowest BCUT2D eigenvalue weighted by molar-refractivity contribution is 0.397. The summed E-state index contributed by atoms with van der Waals surface area (Å²) < 4.78 is 39.1. The van der Waals surface area contributed by atoms with Crippen molar-refractivity contribution in [2.24, 2.45) is 0 Å². The van der Waals surface area contributed by atoms with Gasteiger partial charge in [-0.3, -0.25) is 0 Å². The molecule has 0 bridgehead atoms. The largest absolute Gasteiger partial charge is 0.214 e. The zero-order valence-corrected chi connectivity index (χ0v) is 12.1. The molecule has 2 rings (SSSR count). The van der Waals surface area contributed by atoms with Crippen LogP contribution in [0, 0.1) is 5.82 Å². The summed E-state index contributed by atoms with van der Waals surface area (Å²) >= 11 is 5.56. The molecule has 1 aliphatic rings. The molecule has 1 saturated carbocycles. The molecule has 1 fully saturated rings. The number of sulfonamides is 1. The Morgan fingerprint density at radius 3 is 2.68 bits per heavy atom. The molecule has 1 aromatic carbocycles. The van der Waals surface area contributed by atoms with Crippen LogP contribution >= 0.6 is 11.6 Å². The molecular formula is C13H17ClFNO2S. The number of alkyl halides is 1. The van der Waals surface area contributed by atoms with E-state index < -0.39 is 10.0 Å². The first-order valence-corrected chi connectivity index (χ1v) is 8.47. The van der Waals surface area contributed by atoms with Gasteiger partial charge in [-0.1, -0.05) is 12.1 Å². The van der Waals surface area contributed by atoms with Crippen LogP contribution in [0.5, 0.6) is 0 Å². The van der Waals surface area contributed by atoms with Crippen LogP contribution in [0.2, 0.25) is 0 Å². The van der Waals surface area contributed by atoms with Gasteiger partial charge in [0.2, 0.25) is 10.0 Å². The van der Waals surface area contributed by atoms with Crippen molar-refractivity contribution in [1.29, 1.82) is 0 Å². The summed E-state index contributed by atoms with van der Waals surface area (Å²) in [5.74, 6) is 0.0476. The summed E-state index contributed by atoms with van der Waals surface area (Å²) in [6.07, 6.45) is 2.21. The zero-order valence-electron chi connectivity index (χ0n) is 10.6. The van der Waals surface area contributed by atoms with Gasteiger partial charge in [-0.15, -0.1) is 11.6 Å². The van der Waals surface area contributed by atoms with Gasteiger partial charge in [-0.05, 0) is 37.0 Å². The van der Waals surface area contributed by atoms with E-state index in [-0.39, 0.29) is 24.2 Å². The third-order valence-electron chi connectivity index (χ3n) is 3.07. The SMILES string of the molecule is O=S(=O)(CCCCl)N(Cc1cccc(F)c1)C1CC1. The van der Waals surface area contributed by atoms with Gasteiger partial charge in [0.1, 0.15) is 5.82 Å². The molecule has 0 atom stereocenters. The van der Waals surface area contributed by atoms with E-state index in [2.05, 4.69) is 0 Å². The lowest BCUT2D eigenvalue weighted by atomic mass is 10.2. The summed E-state index contributed by atoms with van der Waals surface area (Å²) in [4.78, 5) is 0. The number of hydrogen-bond acceptors (Lipinski definition) is 2. The zero-order chi connectivity index (χ0) is 13.9. The molecule has 0 N–H and O–H groups in total. The smallest absolute Gasteiger partial charge is 0.212 e. The van der Waals surface area contributed by atoms with Crippen LogP contribution < -0.4 is 0 Å². The van der Waals surface area contributed by atoms with Crippen molar-refractivity contribution in [1.82, 2.24) is 4.31 Å². The van der Waals surface area contributed by atoms with Gasteiger partial charge in [0.15, 0.2) is 0 Å². The third kappa shape index (κ3) is 4.16. The molecule has 6 heteroatoms. The quantitative estimate of drug-likeness (QED) is 0.726. The first-order chi connectivity index (χ1) is 9.03. The molecule has 0 amide bonds. The number of benzene rings is 1. The number of nitrogens with zero attached hydrogens (tertiary/aromatic N) is 1. The minimum absolute atomic E-state index is 0.0579. The van der Waals surface area contributed by atoms with Crippen molar-refractivity contribution >= 4 is 21.6 Å². The van der Waals surface area contributed by atoms with Gasteiger partial charge in [0.25, 0.3) is 0 Å². The second-order valence-electron chi connectivity index (χ2n) is 4.76. The Labute approximate surface area is 118 Å². The van der Waals surface area contributed by atoms with E-state index in [0.717, 1.165) is 12.8 Å². The van der Waals surface area contributed by atoms with Crippen molar-refractivity contribution in [3.63, 3.8) is 0 Å². The molecule has 0 aliphatic heterocycles. The minimum atomic E-state index is -3.31. The molecule has 0 heterocycles. The van der Waals surface area contributed by atoms with E-state index >= 15 is 0 Å². The average molecular weight is 306 g/mol. The standard InChI is InChI=1S/C13H17ClFNO2S/c14-7-2-8-19(17,18)16(13-5-6-13)10-11-3-1-4-12(15)9-11/h1,3-4,9,13H,2,5-8,10H2. The lowest BCUT2D eigenvalue weighted by Gasteiger charge is -2.21. The van der Waals surface area contributed by atoms with Gasteiger partial charge >= 0.3 is 0 Å². The highest BCUT2D eigenvalue weighted by Crippen LogP contribution is 2.31. The molecule has 0 spiro atoms. The third-order valence-corrected chi connectivity index (χ3v) is 5.29. The Morgan fingerprint density at radius 2 is 2.11 bits per heavy atom. The van der Waals surface area contributed by atoms with Gasteiger partial charge in [-0.2, -0.15) is 4.31 Å². The van der Waals surface area contributed by atoms with E-state index in [1.807, 2.05) is 0 Å². The van der Waals surface area contributed by atoms with Crippen LogP contribution in [0.4, 0.5) is 4.39 Å². The maximum absolute atomic E-state index is 13.1. The fraction of sp³-hybridized carbons (Fsp3) is 0.538. The topological polar surface area (TPSA) is 37.4 Å². The van der Waals surface area contributed by atoms with Gasteiger partial charge in [0.05, 0.1) is 5.75 Å². The van der Waals surface area contributed by atoms with Crippen LogP contribution in [0.25, 0.3) is 0 Å². The Balaban J connectivity index is 2.12. The number of rotatable bonds is 7. The highest BCUT2D eigenvalue weighted by atomic mass is 35.5. The average Bonchev–Trinajstić information content (AvgIpc) is 3.18. The summed E-state index contributed by atoms with van der Waals surface area (Å²) in [5.41, 5.74) is 0.682. The maximum Gasteiger partial charge on any atom is 0.214 e. The molecular weight excluding hydrogens is 289 g/mol. The van der Waals surface area contributed by atoms with Crippen molar-refractivity contribution in [3.05, 3.63) is 35.6 Å². The highest BCUT2D eigenvalue weighted by molar-refractivity contribution is 7.89. The summed E-state index contributed by atoms with van der Waals surface area (Å²) in [5, 5.41) is 0. The predicted molar refractivity (Wildman–Crippen MR) is 74.1 cm³/mol. The van der Waals surface area contributed by atoms with E-state index in [4.69, 9.17) is 11.6 Å². The summed E-state index contributed by atoms with van der Waals surface area (Å²) in [7, 11) is -3.31. The van der Waals surface area contributed by atoms with Gasteiger partial charge < -0.3 is 0 Å². The summed E-state index contributed by atoms with van der Waals surface area (Å²) in [6, 6.07) is 6.15. The van der Waals surface area contributed by atoms with Crippen LogP contribution in [-0.4, -0.2) is 30.4 Å². The van der Waals surface area contributed by atoms with Crippen LogP contribution in [0.1, 0.15) is 24.8 Å². The predicted octanol–water partition coefficient (Wildman–Crippen LogP) is 2.75. The lowest BCUT2D eigenvalue weighted by Crippen LogP contribution is -2.34. The fourth-order valence-electron chi connectivity index (χ4n) is 1.99. The van der Waals surface area contributed by atoms with Gasteiger partial charge in [-0.25, -0.2) is 12.8 Å². The minimum Gasteiger partial charge on any atom is -0.212 e. The Hall–Kier alpha value is -0.650. The molecule has 0 saturated heterocycles. The molecule has 19 heavy (non-hydrogen) atoms. The van der Waals surface area contributed by atoms with Crippen molar-refractivity contribution in [3.8, 4) is 0 Å². The normalized spacial score (nSPS) is 15.9. The van der Waals surface area contributed by atoms with Crippen molar-refractivity contribution in [2.75, 3.05) is 11.6 Å². The molecule has 106 valence electrons. The molecule has 0 unspecified atom stereocenters. The van der Waals surface area contributed by atoms with E-state index in [0.29, 0.717) is 17.9 Å². The first kappa shape index (κ1) is 14.8. The van der Waals surface area contributed by atoms with Crippen LogP contribution in [0.3, 0.4) is 0 Å². The number of hydrogen-bond donors (Lipinski definition) is 0. The van der Waals surface area contributed by atoms with Crippen molar-refractivity contribution < 1.29 is 12.8 Å². The molecule has 3 nitrogen and oxygen atoms in total. The number of halogens is 2. The maximum atomic E-state index is 13.1. The second kappa shape index (κ2) is 6.20. The van der Waals surface area contributed by atoms with Crippen molar-refractivity contribution in [2.45, 2.75) is 31.8 Å². The van der Waals surface area contributed by atoms with Crippen LogP contribution in [-0.2, 0) is 16.6 Å². The first-order valence-electron chi connectivity index (χ1n) is 6.33. The summed E-state index contributed by atoms with van der Waals surface area (Å²) in [6.45, 7) is 0.243. The Bertz CT molecular complexity index is 531. The van der Waals surface area contributed by atoms with E-state index in [1.165, 1.54) is 16.4 Å². The van der Waals surface area contributed by atoms with E-state index in [1.54, 1.807) is 12.1 Å². The molecule has 1 aliphatic carbocycles.